The van der Waals surface area contributed by atoms with Crippen molar-refractivity contribution >= 4 is 17.2 Å². The first-order valence-corrected chi connectivity index (χ1v) is 7.60. The predicted octanol–water partition coefficient (Wildman–Crippen LogP) is 3.99. The highest BCUT2D eigenvalue weighted by molar-refractivity contribution is 7.17. The second kappa shape index (κ2) is 6.41. The van der Waals surface area contributed by atoms with Gasteiger partial charge in [-0.25, -0.2) is 4.98 Å². The molecule has 0 atom stereocenters. The maximum absolute atomic E-state index is 12.4. The molecular weight excluding hydrogens is 296 g/mol. The van der Waals surface area contributed by atoms with E-state index in [1.54, 1.807) is 18.4 Å². The Hall–Kier alpha value is -2.66. The van der Waals surface area contributed by atoms with Crippen LogP contribution in [0.4, 0.5) is 0 Å². The molecule has 2 aromatic heterocycles. The number of carbonyl (C=O) groups excluding carboxylic acids is 1. The molecule has 0 bridgehead atoms. The number of rotatable bonds is 5. The van der Waals surface area contributed by atoms with Crippen LogP contribution in [-0.4, -0.2) is 17.4 Å². The standard InChI is InChI=1S/C17H14N2O2S/c1-2-10-18-16(20)15-14(12-7-4-3-5-8-12)19-17(22-15)13-9-6-11-21-13/h2-9,11H,1,10H2,(H,18,20). The van der Waals surface area contributed by atoms with Crippen molar-refractivity contribution in [3.05, 3.63) is 66.3 Å². The Labute approximate surface area is 132 Å². The van der Waals surface area contributed by atoms with E-state index in [-0.39, 0.29) is 5.91 Å². The summed E-state index contributed by atoms with van der Waals surface area (Å²) in [5.41, 5.74) is 1.57. The minimum atomic E-state index is -0.158. The first kappa shape index (κ1) is 14.3. The van der Waals surface area contributed by atoms with Gasteiger partial charge in [-0.15, -0.1) is 17.9 Å². The van der Waals surface area contributed by atoms with Gasteiger partial charge in [-0.2, -0.15) is 0 Å². The molecule has 0 saturated carbocycles. The van der Waals surface area contributed by atoms with Gasteiger partial charge in [0.05, 0.1) is 12.0 Å². The van der Waals surface area contributed by atoms with E-state index in [0.717, 1.165) is 5.56 Å². The summed E-state index contributed by atoms with van der Waals surface area (Å²) in [6.07, 6.45) is 3.24. The van der Waals surface area contributed by atoms with Gasteiger partial charge in [0.1, 0.15) is 4.88 Å². The van der Waals surface area contributed by atoms with Gasteiger partial charge < -0.3 is 9.73 Å². The third-order valence-corrected chi connectivity index (χ3v) is 4.09. The Morgan fingerprint density at radius 3 is 2.77 bits per heavy atom. The third-order valence-electron chi connectivity index (χ3n) is 3.02. The maximum atomic E-state index is 12.4. The quantitative estimate of drug-likeness (QED) is 0.725. The fourth-order valence-electron chi connectivity index (χ4n) is 2.02. The van der Waals surface area contributed by atoms with E-state index < -0.39 is 0 Å². The number of furan rings is 1. The molecule has 0 radical (unpaired) electrons. The average Bonchev–Trinajstić information content (AvgIpc) is 3.22. The lowest BCUT2D eigenvalue weighted by molar-refractivity contribution is 0.0962. The number of nitrogens with zero attached hydrogens (tertiary/aromatic N) is 1. The van der Waals surface area contributed by atoms with Crippen molar-refractivity contribution < 1.29 is 9.21 Å². The van der Waals surface area contributed by atoms with Gasteiger partial charge in [-0.3, -0.25) is 4.79 Å². The molecular formula is C17H14N2O2S. The SMILES string of the molecule is C=CCNC(=O)c1sc(-c2ccco2)nc1-c1ccccc1. The van der Waals surface area contributed by atoms with Crippen molar-refractivity contribution in [3.63, 3.8) is 0 Å². The highest BCUT2D eigenvalue weighted by Gasteiger charge is 2.20. The molecule has 0 aliphatic rings. The van der Waals surface area contributed by atoms with Crippen molar-refractivity contribution in [1.29, 1.82) is 0 Å². The van der Waals surface area contributed by atoms with E-state index in [2.05, 4.69) is 16.9 Å². The molecule has 1 aromatic carbocycles. The minimum Gasteiger partial charge on any atom is -0.462 e. The molecule has 1 N–H and O–H groups in total. The van der Waals surface area contributed by atoms with Crippen LogP contribution in [0.3, 0.4) is 0 Å². The Morgan fingerprint density at radius 1 is 1.27 bits per heavy atom. The lowest BCUT2D eigenvalue weighted by Gasteiger charge is -2.02. The van der Waals surface area contributed by atoms with Gasteiger partial charge in [0.25, 0.3) is 5.91 Å². The zero-order valence-corrected chi connectivity index (χ0v) is 12.6. The molecule has 110 valence electrons. The number of thiazole rings is 1. The number of hydrogen-bond acceptors (Lipinski definition) is 4. The number of aromatic nitrogens is 1. The van der Waals surface area contributed by atoms with Crippen LogP contribution in [0.15, 0.2) is 65.8 Å². The lowest BCUT2D eigenvalue weighted by Crippen LogP contribution is -2.22. The first-order valence-electron chi connectivity index (χ1n) is 6.79. The summed E-state index contributed by atoms with van der Waals surface area (Å²) in [5, 5.41) is 3.49. The summed E-state index contributed by atoms with van der Waals surface area (Å²) in [6.45, 7) is 4.03. The molecule has 3 rings (SSSR count). The van der Waals surface area contributed by atoms with E-state index in [4.69, 9.17) is 4.42 Å². The van der Waals surface area contributed by atoms with Crippen LogP contribution in [0.1, 0.15) is 9.67 Å². The first-order chi connectivity index (χ1) is 10.8. The molecule has 0 spiro atoms. The Morgan fingerprint density at radius 2 is 2.09 bits per heavy atom. The van der Waals surface area contributed by atoms with Crippen LogP contribution in [0.2, 0.25) is 0 Å². The molecule has 1 amide bonds. The molecule has 2 heterocycles. The number of benzene rings is 1. The Balaban J connectivity index is 2.06. The van der Waals surface area contributed by atoms with Gasteiger partial charge in [-0.1, -0.05) is 36.4 Å². The molecule has 0 saturated heterocycles. The second-order valence-electron chi connectivity index (χ2n) is 4.54. The highest BCUT2D eigenvalue weighted by atomic mass is 32.1. The number of nitrogens with one attached hydrogen (secondary N) is 1. The van der Waals surface area contributed by atoms with Crippen molar-refractivity contribution in [2.75, 3.05) is 6.54 Å². The van der Waals surface area contributed by atoms with Crippen molar-refractivity contribution in [2.24, 2.45) is 0 Å². The van der Waals surface area contributed by atoms with Crippen LogP contribution < -0.4 is 5.32 Å². The smallest absolute Gasteiger partial charge is 0.263 e. The van der Waals surface area contributed by atoms with Gasteiger partial charge in [0.2, 0.25) is 0 Å². The topological polar surface area (TPSA) is 55.1 Å². The van der Waals surface area contributed by atoms with Crippen LogP contribution in [0.25, 0.3) is 22.0 Å². The van der Waals surface area contributed by atoms with Crippen molar-refractivity contribution in [3.8, 4) is 22.0 Å². The van der Waals surface area contributed by atoms with E-state index in [1.807, 2.05) is 36.4 Å². The predicted molar refractivity (Wildman–Crippen MR) is 87.8 cm³/mol. The van der Waals surface area contributed by atoms with Gasteiger partial charge in [0.15, 0.2) is 10.8 Å². The summed E-state index contributed by atoms with van der Waals surface area (Å²) >= 11 is 1.32. The molecule has 3 aromatic rings. The van der Waals surface area contributed by atoms with Crippen LogP contribution in [0.5, 0.6) is 0 Å². The summed E-state index contributed by atoms with van der Waals surface area (Å²) in [6, 6.07) is 13.3. The lowest BCUT2D eigenvalue weighted by atomic mass is 10.1. The van der Waals surface area contributed by atoms with Crippen LogP contribution in [-0.2, 0) is 0 Å². The minimum absolute atomic E-state index is 0.158. The van der Waals surface area contributed by atoms with Gasteiger partial charge in [-0.05, 0) is 12.1 Å². The average molecular weight is 310 g/mol. The number of amides is 1. The van der Waals surface area contributed by atoms with Crippen molar-refractivity contribution in [2.45, 2.75) is 0 Å². The summed E-state index contributed by atoms with van der Waals surface area (Å²) in [4.78, 5) is 17.5. The van der Waals surface area contributed by atoms with Crippen LogP contribution >= 0.6 is 11.3 Å². The zero-order chi connectivity index (χ0) is 15.4. The summed E-state index contributed by atoms with van der Waals surface area (Å²) in [5.74, 6) is 0.499. The molecule has 5 heteroatoms. The largest absolute Gasteiger partial charge is 0.462 e. The summed E-state index contributed by atoms with van der Waals surface area (Å²) < 4.78 is 5.38. The molecule has 22 heavy (non-hydrogen) atoms. The molecule has 4 nitrogen and oxygen atoms in total. The van der Waals surface area contributed by atoms with Gasteiger partial charge >= 0.3 is 0 Å². The number of carbonyl (C=O) groups is 1. The van der Waals surface area contributed by atoms with Crippen LogP contribution in [0, 0.1) is 0 Å². The molecule has 0 fully saturated rings. The fraction of sp³-hybridized carbons (Fsp3) is 0.0588. The fourth-order valence-corrected chi connectivity index (χ4v) is 2.99. The molecule has 0 aliphatic heterocycles. The maximum Gasteiger partial charge on any atom is 0.263 e. The highest BCUT2D eigenvalue weighted by Crippen LogP contribution is 2.33. The Bertz CT molecular complexity index is 776. The summed E-state index contributed by atoms with van der Waals surface area (Å²) in [7, 11) is 0. The van der Waals surface area contributed by atoms with E-state index in [0.29, 0.717) is 27.9 Å². The third kappa shape index (κ3) is 2.84. The molecule has 0 aliphatic carbocycles. The van der Waals surface area contributed by atoms with Gasteiger partial charge in [0, 0.05) is 12.1 Å². The second-order valence-corrected chi connectivity index (χ2v) is 5.54. The zero-order valence-electron chi connectivity index (χ0n) is 11.8. The normalized spacial score (nSPS) is 10.4. The van der Waals surface area contributed by atoms with Crippen molar-refractivity contribution in [1.82, 2.24) is 10.3 Å². The Kier molecular flexibility index (Phi) is 4.16. The van der Waals surface area contributed by atoms with E-state index in [1.165, 1.54) is 11.3 Å². The van der Waals surface area contributed by atoms with E-state index in [9.17, 15) is 4.79 Å². The van der Waals surface area contributed by atoms with E-state index >= 15 is 0 Å². The number of hydrogen-bond donors (Lipinski definition) is 1. The monoisotopic (exact) mass is 310 g/mol. The molecule has 0 unspecified atom stereocenters.